The summed E-state index contributed by atoms with van der Waals surface area (Å²) in [5.74, 6) is 2.64. The minimum atomic E-state index is -0.417. The van der Waals surface area contributed by atoms with Crippen LogP contribution in [-0.2, 0) is 13.6 Å². The summed E-state index contributed by atoms with van der Waals surface area (Å²) < 4.78 is 13.4. The van der Waals surface area contributed by atoms with Gasteiger partial charge in [-0.25, -0.2) is 4.68 Å². The molecule has 1 N–H and O–H groups in total. The Morgan fingerprint density at radius 1 is 1.06 bits per heavy atom. The molecule has 1 heterocycles. The average molecular weight is 464 g/mol. The molecule has 0 aliphatic heterocycles. The summed E-state index contributed by atoms with van der Waals surface area (Å²) in [6, 6.07) is 17.7. The number of hydrogen-bond acceptors (Lipinski definition) is 5. The second-order valence-electron chi connectivity index (χ2n) is 9.01. The highest BCUT2D eigenvalue weighted by atomic mass is 16.5. The summed E-state index contributed by atoms with van der Waals surface area (Å²) in [5.41, 5.74) is 2.93. The van der Waals surface area contributed by atoms with Crippen LogP contribution in [0.15, 0.2) is 67.3 Å². The Morgan fingerprint density at radius 2 is 1.74 bits per heavy atom. The first-order valence-electron chi connectivity index (χ1n) is 11.9. The molecule has 3 rings (SSSR count). The van der Waals surface area contributed by atoms with Crippen LogP contribution in [0.1, 0.15) is 32.3 Å². The van der Waals surface area contributed by atoms with Gasteiger partial charge in [0.15, 0.2) is 0 Å². The molecule has 0 fully saturated rings. The zero-order valence-electron chi connectivity index (χ0n) is 20.8. The Kier molecular flexibility index (Phi) is 9.31. The van der Waals surface area contributed by atoms with Gasteiger partial charge in [-0.3, -0.25) is 4.90 Å². The van der Waals surface area contributed by atoms with Crippen LogP contribution in [0.25, 0.3) is 11.3 Å². The average Bonchev–Trinajstić information content (AvgIpc) is 3.13. The summed E-state index contributed by atoms with van der Waals surface area (Å²) in [4.78, 5) is 2.29. The molecule has 1 unspecified atom stereocenters. The Labute approximate surface area is 203 Å². The van der Waals surface area contributed by atoms with E-state index >= 15 is 0 Å². The van der Waals surface area contributed by atoms with Crippen molar-refractivity contribution < 1.29 is 14.6 Å². The second kappa shape index (κ2) is 12.4. The van der Waals surface area contributed by atoms with Crippen LogP contribution in [0.2, 0.25) is 0 Å². The number of aliphatic hydroxyl groups excluding tert-OH is 1. The molecule has 0 saturated heterocycles. The third-order valence-corrected chi connectivity index (χ3v) is 5.59. The lowest BCUT2D eigenvalue weighted by molar-refractivity contribution is 0.0953. The van der Waals surface area contributed by atoms with Crippen molar-refractivity contribution in [2.75, 3.05) is 20.2 Å². The molecule has 182 valence electrons. The van der Waals surface area contributed by atoms with Crippen LogP contribution in [0.4, 0.5) is 0 Å². The molecule has 1 atom stereocenters. The van der Waals surface area contributed by atoms with Crippen LogP contribution in [0, 0.1) is 5.92 Å². The minimum absolute atomic E-state index is 0.417. The molecule has 0 bridgehead atoms. The van der Waals surface area contributed by atoms with Gasteiger partial charge in [0, 0.05) is 32.2 Å². The molecule has 2 aromatic carbocycles. The number of methoxy groups -OCH3 is 1. The van der Waals surface area contributed by atoms with Crippen molar-refractivity contribution in [3.63, 3.8) is 0 Å². The van der Waals surface area contributed by atoms with Crippen molar-refractivity contribution in [1.82, 2.24) is 14.7 Å². The summed E-state index contributed by atoms with van der Waals surface area (Å²) in [6.45, 7) is 10.2. The number of aromatic nitrogens is 2. The van der Waals surface area contributed by atoms with Crippen LogP contribution >= 0.6 is 0 Å². The first-order valence-corrected chi connectivity index (χ1v) is 11.9. The number of nitrogens with zero attached hydrogens (tertiary/aromatic N) is 3. The lowest BCUT2D eigenvalue weighted by atomic mass is 10.1. The first kappa shape index (κ1) is 25.5. The van der Waals surface area contributed by atoms with E-state index in [0.717, 1.165) is 35.5 Å². The van der Waals surface area contributed by atoms with Gasteiger partial charge in [0.05, 0.1) is 18.8 Å². The molecule has 34 heavy (non-hydrogen) atoms. The largest absolute Gasteiger partial charge is 0.497 e. The van der Waals surface area contributed by atoms with E-state index in [9.17, 15) is 5.11 Å². The maximum Gasteiger partial charge on any atom is 0.222 e. The van der Waals surface area contributed by atoms with Crippen molar-refractivity contribution in [2.45, 2.75) is 39.3 Å². The smallest absolute Gasteiger partial charge is 0.222 e. The first-order chi connectivity index (χ1) is 16.4. The standard InChI is InChI=1S/C28H37N3O3/c1-6-7-13-23(32)19-31(18-21(2)3)20-26-27(22-11-9-8-10-12-22)29-30(4)28(26)34-25-16-14-24(33-5)15-17-25/h6,8-12,14-17,21,23,32H,1,7,13,18-20H2,2-5H3. The number of benzene rings is 2. The molecule has 3 aromatic rings. The maximum atomic E-state index is 10.6. The SMILES string of the molecule is C=CCCC(O)CN(Cc1c(-c2ccccc2)nn(C)c1Oc1ccc(OC)cc1)CC(C)C. The molecule has 0 spiro atoms. The predicted molar refractivity (Wildman–Crippen MR) is 137 cm³/mol. The van der Waals surface area contributed by atoms with Crippen LogP contribution in [0.5, 0.6) is 17.4 Å². The number of rotatable bonds is 13. The van der Waals surface area contributed by atoms with Gasteiger partial charge in [-0.1, -0.05) is 50.3 Å². The number of aryl methyl sites for hydroxylation is 1. The highest BCUT2D eigenvalue weighted by Gasteiger charge is 2.23. The Balaban J connectivity index is 1.97. The normalized spacial score (nSPS) is 12.2. The van der Waals surface area contributed by atoms with E-state index < -0.39 is 6.10 Å². The minimum Gasteiger partial charge on any atom is -0.497 e. The molecular formula is C28H37N3O3. The van der Waals surface area contributed by atoms with Crippen LogP contribution in [-0.4, -0.2) is 46.1 Å². The van der Waals surface area contributed by atoms with Gasteiger partial charge in [0.1, 0.15) is 17.2 Å². The van der Waals surface area contributed by atoms with Gasteiger partial charge in [-0.05, 0) is 43.0 Å². The number of aliphatic hydroxyl groups is 1. The van der Waals surface area contributed by atoms with Crippen molar-refractivity contribution in [3.8, 4) is 28.6 Å². The zero-order chi connectivity index (χ0) is 24.5. The Hall–Kier alpha value is -3.09. The summed E-state index contributed by atoms with van der Waals surface area (Å²) in [5, 5.41) is 15.5. The molecular weight excluding hydrogens is 426 g/mol. The molecule has 1 aromatic heterocycles. The molecule has 6 nitrogen and oxygen atoms in total. The van der Waals surface area contributed by atoms with E-state index in [1.165, 1.54) is 0 Å². The zero-order valence-corrected chi connectivity index (χ0v) is 20.8. The molecule has 6 heteroatoms. The molecule has 0 radical (unpaired) electrons. The predicted octanol–water partition coefficient (Wildman–Crippen LogP) is 5.67. The lowest BCUT2D eigenvalue weighted by Gasteiger charge is -2.27. The lowest BCUT2D eigenvalue weighted by Crippen LogP contribution is -2.35. The van der Waals surface area contributed by atoms with Crippen molar-refractivity contribution in [3.05, 3.63) is 72.8 Å². The van der Waals surface area contributed by atoms with E-state index in [-0.39, 0.29) is 0 Å². The maximum absolute atomic E-state index is 10.6. The van der Waals surface area contributed by atoms with Gasteiger partial charge < -0.3 is 14.6 Å². The van der Waals surface area contributed by atoms with E-state index in [1.54, 1.807) is 11.8 Å². The Bertz CT molecular complexity index is 1030. The molecule has 0 aliphatic carbocycles. The third-order valence-electron chi connectivity index (χ3n) is 5.59. The van der Waals surface area contributed by atoms with Crippen LogP contribution < -0.4 is 9.47 Å². The number of allylic oxidation sites excluding steroid dienone is 1. The van der Waals surface area contributed by atoms with Gasteiger partial charge >= 0.3 is 0 Å². The van der Waals surface area contributed by atoms with Crippen LogP contribution in [0.3, 0.4) is 0 Å². The quantitative estimate of drug-likeness (QED) is 0.331. The summed E-state index contributed by atoms with van der Waals surface area (Å²) >= 11 is 0. The van der Waals surface area contributed by atoms with Gasteiger partial charge in [0.25, 0.3) is 0 Å². The van der Waals surface area contributed by atoms with Gasteiger partial charge in [0.2, 0.25) is 5.88 Å². The fourth-order valence-electron chi connectivity index (χ4n) is 4.05. The monoisotopic (exact) mass is 463 g/mol. The Morgan fingerprint density at radius 3 is 2.35 bits per heavy atom. The van der Waals surface area contributed by atoms with E-state index in [1.807, 2.05) is 55.6 Å². The van der Waals surface area contributed by atoms with Crippen molar-refractivity contribution >= 4 is 0 Å². The van der Waals surface area contributed by atoms with Gasteiger partial charge in [-0.15, -0.1) is 6.58 Å². The summed E-state index contributed by atoms with van der Waals surface area (Å²) in [6.07, 6.45) is 2.93. The molecule has 0 aliphatic rings. The van der Waals surface area contributed by atoms with Crippen molar-refractivity contribution in [2.24, 2.45) is 13.0 Å². The van der Waals surface area contributed by atoms with Crippen molar-refractivity contribution in [1.29, 1.82) is 0 Å². The fraction of sp³-hybridized carbons (Fsp3) is 0.393. The van der Waals surface area contributed by atoms with E-state index in [2.05, 4.69) is 37.5 Å². The van der Waals surface area contributed by atoms with E-state index in [4.69, 9.17) is 14.6 Å². The van der Waals surface area contributed by atoms with Gasteiger partial charge in [-0.2, -0.15) is 5.10 Å². The fourth-order valence-corrected chi connectivity index (χ4v) is 4.05. The molecule has 0 saturated carbocycles. The number of hydrogen-bond donors (Lipinski definition) is 1. The topological polar surface area (TPSA) is 59.8 Å². The highest BCUT2D eigenvalue weighted by molar-refractivity contribution is 5.65. The molecule has 0 amide bonds. The third kappa shape index (κ3) is 6.95. The summed E-state index contributed by atoms with van der Waals surface area (Å²) in [7, 11) is 3.55. The highest BCUT2D eigenvalue weighted by Crippen LogP contribution is 2.34. The number of ether oxygens (including phenoxy) is 2. The second-order valence-corrected chi connectivity index (χ2v) is 9.01. The van der Waals surface area contributed by atoms with E-state index in [0.29, 0.717) is 37.1 Å².